The molecule has 4 heteroatoms. The van der Waals surface area contributed by atoms with Gasteiger partial charge in [-0.1, -0.05) is 6.92 Å². The molecular formula is C12H24N2O2. The van der Waals surface area contributed by atoms with Gasteiger partial charge in [0.15, 0.2) is 0 Å². The lowest BCUT2D eigenvalue weighted by molar-refractivity contribution is -0.142. The molecular weight excluding hydrogens is 204 g/mol. The monoisotopic (exact) mass is 228 g/mol. The van der Waals surface area contributed by atoms with Gasteiger partial charge in [0.25, 0.3) is 5.91 Å². The Kier molecular flexibility index (Phi) is 4.33. The van der Waals surface area contributed by atoms with Crippen LogP contribution in [0, 0.1) is 0 Å². The summed E-state index contributed by atoms with van der Waals surface area (Å²) >= 11 is 0. The number of hydrogen-bond donors (Lipinski definition) is 1. The van der Waals surface area contributed by atoms with Crippen LogP contribution in [-0.2, 0) is 4.79 Å². The summed E-state index contributed by atoms with van der Waals surface area (Å²) < 4.78 is 0. The number of carbonyl (C=O) groups excluding carboxylic acids is 1. The van der Waals surface area contributed by atoms with Gasteiger partial charge in [-0.2, -0.15) is 0 Å². The van der Waals surface area contributed by atoms with Gasteiger partial charge in [0, 0.05) is 31.7 Å². The highest BCUT2D eigenvalue weighted by molar-refractivity contribution is 5.80. The Morgan fingerprint density at radius 2 is 1.75 bits per heavy atom. The Balaban J connectivity index is 2.46. The summed E-state index contributed by atoms with van der Waals surface area (Å²) in [4.78, 5) is 15.9. The molecule has 0 spiro atoms. The van der Waals surface area contributed by atoms with Gasteiger partial charge in [-0.25, -0.2) is 0 Å². The molecule has 0 aromatic carbocycles. The lowest BCUT2D eigenvalue weighted by atomic mass is 10.0. The molecule has 1 aliphatic rings. The summed E-state index contributed by atoms with van der Waals surface area (Å²) in [5.41, 5.74) is 0.165. The van der Waals surface area contributed by atoms with Crippen molar-refractivity contribution in [3.8, 4) is 0 Å². The van der Waals surface area contributed by atoms with Crippen molar-refractivity contribution in [1.29, 1.82) is 0 Å². The number of carbonyl (C=O) groups is 1. The van der Waals surface area contributed by atoms with Crippen LogP contribution in [0.5, 0.6) is 0 Å². The van der Waals surface area contributed by atoms with Gasteiger partial charge in [-0.15, -0.1) is 0 Å². The first-order valence-corrected chi connectivity index (χ1v) is 6.08. The summed E-state index contributed by atoms with van der Waals surface area (Å²) in [6.07, 6.45) is -0.320. The van der Waals surface area contributed by atoms with E-state index in [0.717, 1.165) is 26.2 Å². The Bertz CT molecular complexity index is 240. The largest absolute Gasteiger partial charge is 0.383 e. The minimum absolute atomic E-state index is 0.115. The zero-order valence-electron chi connectivity index (χ0n) is 10.9. The minimum Gasteiger partial charge on any atom is -0.383 e. The van der Waals surface area contributed by atoms with Crippen LogP contribution in [0.4, 0.5) is 0 Å². The van der Waals surface area contributed by atoms with Crippen molar-refractivity contribution in [3.05, 3.63) is 0 Å². The van der Waals surface area contributed by atoms with Crippen LogP contribution in [0.15, 0.2) is 0 Å². The van der Waals surface area contributed by atoms with Crippen LogP contribution in [0.25, 0.3) is 0 Å². The Labute approximate surface area is 98.2 Å². The predicted molar refractivity (Wildman–Crippen MR) is 64.2 cm³/mol. The molecule has 1 atom stereocenters. The third-order valence-corrected chi connectivity index (χ3v) is 3.21. The molecule has 16 heavy (non-hydrogen) atoms. The fourth-order valence-electron chi connectivity index (χ4n) is 1.98. The number of aliphatic hydroxyl groups excluding tert-OH is 1. The SMILES string of the molecule is CCC(O)C(=O)N1CCN(C(C)(C)C)CC1. The number of piperazine rings is 1. The van der Waals surface area contributed by atoms with Gasteiger partial charge < -0.3 is 10.0 Å². The van der Waals surface area contributed by atoms with Crippen molar-refractivity contribution in [1.82, 2.24) is 9.80 Å². The fourth-order valence-corrected chi connectivity index (χ4v) is 1.98. The van der Waals surface area contributed by atoms with Crippen molar-refractivity contribution in [2.45, 2.75) is 45.8 Å². The highest BCUT2D eigenvalue weighted by Crippen LogP contribution is 2.16. The smallest absolute Gasteiger partial charge is 0.251 e. The van der Waals surface area contributed by atoms with Crippen molar-refractivity contribution in [3.63, 3.8) is 0 Å². The second-order valence-electron chi connectivity index (χ2n) is 5.41. The number of aliphatic hydroxyl groups is 1. The summed E-state index contributed by atoms with van der Waals surface area (Å²) in [5.74, 6) is -0.115. The summed E-state index contributed by atoms with van der Waals surface area (Å²) in [5, 5.41) is 9.50. The van der Waals surface area contributed by atoms with E-state index in [2.05, 4.69) is 25.7 Å². The lowest BCUT2D eigenvalue weighted by Crippen LogP contribution is -2.56. The quantitative estimate of drug-likeness (QED) is 0.756. The highest BCUT2D eigenvalue weighted by Gasteiger charge is 2.29. The first-order chi connectivity index (χ1) is 7.36. The van der Waals surface area contributed by atoms with E-state index in [1.165, 1.54) is 0 Å². The molecule has 94 valence electrons. The molecule has 1 unspecified atom stereocenters. The second-order valence-corrected chi connectivity index (χ2v) is 5.41. The van der Waals surface area contributed by atoms with Gasteiger partial charge in [0.05, 0.1) is 0 Å². The van der Waals surface area contributed by atoms with E-state index in [1.807, 2.05) is 6.92 Å². The third-order valence-electron chi connectivity index (χ3n) is 3.21. The molecule has 0 aromatic heterocycles. The number of amides is 1. The van der Waals surface area contributed by atoms with Crippen molar-refractivity contribution < 1.29 is 9.90 Å². The van der Waals surface area contributed by atoms with E-state index < -0.39 is 6.10 Å². The van der Waals surface area contributed by atoms with Crippen molar-refractivity contribution >= 4 is 5.91 Å². The van der Waals surface area contributed by atoms with Gasteiger partial charge in [-0.3, -0.25) is 9.69 Å². The molecule has 4 nitrogen and oxygen atoms in total. The Morgan fingerprint density at radius 1 is 1.25 bits per heavy atom. The Morgan fingerprint density at radius 3 is 2.12 bits per heavy atom. The molecule has 1 N–H and O–H groups in total. The molecule has 1 aliphatic heterocycles. The molecule has 1 amide bonds. The average Bonchev–Trinajstić information content (AvgIpc) is 2.26. The molecule has 1 fully saturated rings. The van der Waals surface area contributed by atoms with E-state index in [-0.39, 0.29) is 11.4 Å². The van der Waals surface area contributed by atoms with Crippen LogP contribution in [0.2, 0.25) is 0 Å². The second kappa shape index (κ2) is 5.15. The molecule has 0 aromatic rings. The van der Waals surface area contributed by atoms with E-state index in [1.54, 1.807) is 4.90 Å². The third kappa shape index (κ3) is 3.19. The normalized spacial score (nSPS) is 20.9. The van der Waals surface area contributed by atoms with Gasteiger partial charge in [0.2, 0.25) is 0 Å². The standard InChI is InChI=1S/C12H24N2O2/c1-5-10(15)11(16)13-6-8-14(9-7-13)12(2,3)4/h10,15H,5-9H2,1-4H3. The molecule has 0 saturated carbocycles. The lowest BCUT2D eigenvalue weighted by Gasteiger charge is -2.42. The van der Waals surface area contributed by atoms with Gasteiger partial charge in [-0.05, 0) is 27.2 Å². The zero-order chi connectivity index (χ0) is 12.3. The van der Waals surface area contributed by atoms with Crippen LogP contribution in [-0.4, -0.2) is 58.6 Å². The van der Waals surface area contributed by atoms with Crippen LogP contribution >= 0.6 is 0 Å². The summed E-state index contributed by atoms with van der Waals surface area (Å²) in [6.45, 7) is 11.6. The van der Waals surface area contributed by atoms with Crippen LogP contribution in [0.3, 0.4) is 0 Å². The number of nitrogens with zero attached hydrogens (tertiary/aromatic N) is 2. The fraction of sp³-hybridized carbons (Fsp3) is 0.917. The topological polar surface area (TPSA) is 43.8 Å². The molecule has 1 saturated heterocycles. The van der Waals surface area contributed by atoms with Gasteiger partial charge >= 0.3 is 0 Å². The van der Waals surface area contributed by atoms with Gasteiger partial charge in [0.1, 0.15) is 6.10 Å². The van der Waals surface area contributed by atoms with E-state index >= 15 is 0 Å². The molecule has 1 rings (SSSR count). The predicted octanol–water partition coefficient (Wildman–Crippen LogP) is 0.700. The number of hydrogen-bond acceptors (Lipinski definition) is 3. The highest BCUT2D eigenvalue weighted by atomic mass is 16.3. The Hall–Kier alpha value is -0.610. The summed E-state index contributed by atoms with van der Waals surface area (Å²) in [6, 6.07) is 0. The zero-order valence-corrected chi connectivity index (χ0v) is 10.9. The van der Waals surface area contributed by atoms with Crippen LogP contribution < -0.4 is 0 Å². The maximum atomic E-state index is 11.7. The molecule has 1 heterocycles. The van der Waals surface area contributed by atoms with E-state index in [4.69, 9.17) is 0 Å². The maximum absolute atomic E-state index is 11.7. The first-order valence-electron chi connectivity index (χ1n) is 6.08. The number of rotatable bonds is 2. The first kappa shape index (κ1) is 13.5. The summed E-state index contributed by atoms with van der Waals surface area (Å²) in [7, 11) is 0. The van der Waals surface area contributed by atoms with Crippen molar-refractivity contribution in [2.75, 3.05) is 26.2 Å². The van der Waals surface area contributed by atoms with E-state index in [0.29, 0.717) is 6.42 Å². The molecule has 0 bridgehead atoms. The molecule has 0 radical (unpaired) electrons. The minimum atomic E-state index is -0.818. The maximum Gasteiger partial charge on any atom is 0.251 e. The van der Waals surface area contributed by atoms with Crippen LogP contribution in [0.1, 0.15) is 34.1 Å². The van der Waals surface area contributed by atoms with Crippen molar-refractivity contribution in [2.24, 2.45) is 0 Å². The average molecular weight is 228 g/mol. The van der Waals surface area contributed by atoms with E-state index in [9.17, 15) is 9.90 Å². The molecule has 0 aliphatic carbocycles.